The van der Waals surface area contributed by atoms with Gasteiger partial charge in [0.2, 0.25) is 0 Å². The van der Waals surface area contributed by atoms with Gasteiger partial charge in [0.15, 0.2) is 21.4 Å². The molecule has 4 rings (SSSR count). The van der Waals surface area contributed by atoms with E-state index in [1.54, 1.807) is 7.11 Å². The SMILES string of the molecule is COC[C@@H]1CCC[C@@]2(S(=O)(=O)c3ccc(Cl)cc3)c3c(F)ccc(F)c3OC[C@@H]12. The normalized spacial score (nSPS) is 26.3. The van der Waals surface area contributed by atoms with E-state index in [9.17, 15) is 12.8 Å². The minimum Gasteiger partial charge on any atom is -0.490 e. The Balaban J connectivity index is 2.01. The number of hydrogen-bond acceptors (Lipinski definition) is 4. The summed E-state index contributed by atoms with van der Waals surface area (Å²) in [5.41, 5.74) is -0.204. The van der Waals surface area contributed by atoms with Crippen molar-refractivity contribution in [2.75, 3.05) is 20.3 Å². The van der Waals surface area contributed by atoms with Crippen LogP contribution >= 0.6 is 11.6 Å². The Kier molecular flexibility index (Phi) is 5.34. The molecule has 3 atom stereocenters. The molecule has 1 saturated carbocycles. The second kappa shape index (κ2) is 7.52. The lowest BCUT2D eigenvalue weighted by molar-refractivity contribution is 0.0280. The molecule has 2 aliphatic rings. The highest BCUT2D eigenvalue weighted by Crippen LogP contribution is 2.58. The zero-order valence-corrected chi connectivity index (χ0v) is 17.4. The number of halogens is 3. The van der Waals surface area contributed by atoms with Gasteiger partial charge in [-0.3, -0.25) is 0 Å². The molecule has 0 bridgehead atoms. The first kappa shape index (κ1) is 20.6. The van der Waals surface area contributed by atoms with E-state index in [1.165, 1.54) is 24.3 Å². The number of methoxy groups -OCH3 is 1. The van der Waals surface area contributed by atoms with Crippen molar-refractivity contribution in [3.05, 3.63) is 58.6 Å². The summed E-state index contributed by atoms with van der Waals surface area (Å²) in [6, 6.07) is 7.73. The predicted molar refractivity (Wildman–Crippen MR) is 105 cm³/mol. The molecule has 1 heterocycles. The fraction of sp³-hybridized carbons (Fsp3) is 0.429. The second-order valence-corrected chi connectivity index (χ2v) is 10.2. The van der Waals surface area contributed by atoms with Crippen molar-refractivity contribution >= 4 is 21.4 Å². The van der Waals surface area contributed by atoms with Crippen molar-refractivity contribution < 1.29 is 26.7 Å². The molecular formula is C21H21ClF2O4S. The fourth-order valence-corrected chi connectivity index (χ4v) is 7.49. The van der Waals surface area contributed by atoms with Gasteiger partial charge in [0.1, 0.15) is 10.6 Å². The Morgan fingerprint density at radius 2 is 1.86 bits per heavy atom. The third kappa shape index (κ3) is 3.05. The highest BCUT2D eigenvalue weighted by atomic mass is 35.5. The van der Waals surface area contributed by atoms with E-state index in [1.807, 2.05) is 0 Å². The lowest BCUT2D eigenvalue weighted by Crippen LogP contribution is -2.54. The summed E-state index contributed by atoms with van der Waals surface area (Å²) in [6.45, 7) is 0.298. The Bertz CT molecular complexity index is 1020. The largest absolute Gasteiger partial charge is 0.490 e. The molecule has 29 heavy (non-hydrogen) atoms. The molecule has 2 aromatic rings. The summed E-state index contributed by atoms with van der Waals surface area (Å²) in [5.74, 6) is -2.58. The molecule has 0 saturated heterocycles. The van der Waals surface area contributed by atoms with Crippen LogP contribution in [-0.4, -0.2) is 28.7 Å². The first-order chi connectivity index (χ1) is 13.8. The van der Waals surface area contributed by atoms with Crippen LogP contribution in [0.15, 0.2) is 41.3 Å². The van der Waals surface area contributed by atoms with E-state index in [2.05, 4.69) is 0 Å². The number of ether oxygens (including phenoxy) is 2. The van der Waals surface area contributed by atoms with Gasteiger partial charge < -0.3 is 9.47 Å². The first-order valence-electron chi connectivity index (χ1n) is 9.43. The van der Waals surface area contributed by atoms with Crippen LogP contribution in [0.2, 0.25) is 5.02 Å². The summed E-state index contributed by atoms with van der Waals surface area (Å²) in [6.07, 6.45) is 1.46. The van der Waals surface area contributed by atoms with Gasteiger partial charge in [-0.25, -0.2) is 17.2 Å². The standard InChI is InChI=1S/C21H21ClF2O4S/c1-27-11-13-3-2-10-21(29(25,26)15-6-4-14(22)5-7-15)16(13)12-28-20-18(24)9-8-17(23)19(20)21/h4-9,13,16H,2-3,10-12H2,1H3/t13-,16-,21-/m0/s1. The van der Waals surface area contributed by atoms with Gasteiger partial charge in [-0.2, -0.15) is 0 Å². The lowest BCUT2D eigenvalue weighted by atomic mass is 9.67. The highest BCUT2D eigenvalue weighted by Gasteiger charge is 2.60. The third-order valence-corrected chi connectivity index (χ3v) is 8.98. The molecule has 1 aliphatic carbocycles. The summed E-state index contributed by atoms with van der Waals surface area (Å²) >= 11 is 5.93. The lowest BCUT2D eigenvalue weighted by Gasteiger charge is -2.50. The molecule has 0 unspecified atom stereocenters. The van der Waals surface area contributed by atoms with Gasteiger partial charge in [-0.15, -0.1) is 0 Å². The third-order valence-electron chi connectivity index (χ3n) is 6.16. The smallest absolute Gasteiger partial charge is 0.188 e. The maximum Gasteiger partial charge on any atom is 0.188 e. The van der Waals surface area contributed by atoms with Crippen LogP contribution in [0.25, 0.3) is 0 Å². The fourth-order valence-electron chi connectivity index (χ4n) is 4.92. The predicted octanol–water partition coefficient (Wildman–Crippen LogP) is 4.74. The summed E-state index contributed by atoms with van der Waals surface area (Å²) < 4.78 is 67.0. The Labute approximate surface area is 173 Å². The molecule has 0 N–H and O–H groups in total. The topological polar surface area (TPSA) is 52.6 Å². The Hall–Kier alpha value is -1.70. The van der Waals surface area contributed by atoms with E-state index in [4.69, 9.17) is 21.1 Å². The van der Waals surface area contributed by atoms with Crippen LogP contribution in [0.1, 0.15) is 24.8 Å². The van der Waals surface area contributed by atoms with Crippen molar-refractivity contribution in [3.8, 4) is 5.75 Å². The van der Waals surface area contributed by atoms with E-state index in [0.717, 1.165) is 18.6 Å². The summed E-state index contributed by atoms with van der Waals surface area (Å²) in [4.78, 5) is 0.0291. The molecule has 2 aromatic carbocycles. The van der Waals surface area contributed by atoms with Crippen LogP contribution in [0.5, 0.6) is 5.75 Å². The molecule has 8 heteroatoms. The quantitative estimate of drug-likeness (QED) is 0.686. The number of hydrogen-bond donors (Lipinski definition) is 0. The minimum atomic E-state index is -4.11. The molecule has 1 aliphatic heterocycles. The van der Waals surface area contributed by atoms with Gasteiger partial charge in [-0.05, 0) is 55.2 Å². The van der Waals surface area contributed by atoms with Gasteiger partial charge in [-0.1, -0.05) is 18.0 Å². The first-order valence-corrected chi connectivity index (χ1v) is 11.3. The van der Waals surface area contributed by atoms with Crippen molar-refractivity contribution in [3.63, 3.8) is 0 Å². The van der Waals surface area contributed by atoms with Crippen molar-refractivity contribution in [1.29, 1.82) is 0 Å². The van der Waals surface area contributed by atoms with Crippen LogP contribution in [0.4, 0.5) is 8.78 Å². The zero-order chi connectivity index (χ0) is 20.8. The Morgan fingerprint density at radius 1 is 1.17 bits per heavy atom. The molecule has 0 aromatic heterocycles. The molecule has 0 radical (unpaired) electrons. The van der Waals surface area contributed by atoms with Crippen LogP contribution < -0.4 is 4.74 Å². The number of fused-ring (bicyclic) bond motifs is 3. The molecule has 156 valence electrons. The minimum absolute atomic E-state index is 0.0196. The van der Waals surface area contributed by atoms with Crippen molar-refractivity contribution in [2.45, 2.75) is 28.9 Å². The number of rotatable bonds is 4. The van der Waals surface area contributed by atoms with E-state index in [-0.39, 0.29) is 35.2 Å². The van der Waals surface area contributed by atoms with Gasteiger partial charge >= 0.3 is 0 Å². The Morgan fingerprint density at radius 3 is 2.55 bits per heavy atom. The monoisotopic (exact) mass is 442 g/mol. The van der Waals surface area contributed by atoms with E-state index in [0.29, 0.717) is 18.1 Å². The second-order valence-electron chi connectivity index (χ2n) is 7.61. The van der Waals surface area contributed by atoms with Crippen molar-refractivity contribution in [1.82, 2.24) is 0 Å². The van der Waals surface area contributed by atoms with Gasteiger partial charge in [0.05, 0.1) is 17.1 Å². The average Bonchev–Trinajstić information content (AvgIpc) is 2.71. The van der Waals surface area contributed by atoms with Gasteiger partial charge in [0, 0.05) is 24.7 Å². The van der Waals surface area contributed by atoms with E-state index >= 15 is 4.39 Å². The number of sulfone groups is 1. The van der Waals surface area contributed by atoms with E-state index < -0.39 is 32.1 Å². The van der Waals surface area contributed by atoms with Crippen LogP contribution in [0, 0.1) is 23.5 Å². The van der Waals surface area contributed by atoms with Crippen LogP contribution in [0.3, 0.4) is 0 Å². The molecule has 4 nitrogen and oxygen atoms in total. The molecular weight excluding hydrogens is 422 g/mol. The van der Waals surface area contributed by atoms with Crippen LogP contribution in [-0.2, 0) is 19.3 Å². The zero-order valence-electron chi connectivity index (χ0n) is 15.8. The summed E-state index contributed by atoms with van der Waals surface area (Å²) in [5, 5.41) is 0.392. The average molecular weight is 443 g/mol. The van der Waals surface area contributed by atoms with Crippen molar-refractivity contribution in [2.24, 2.45) is 11.8 Å². The van der Waals surface area contributed by atoms with Gasteiger partial charge in [0.25, 0.3) is 0 Å². The molecule has 1 fully saturated rings. The summed E-state index contributed by atoms with van der Waals surface area (Å²) in [7, 11) is -2.56. The molecule has 0 amide bonds. The molecule has 0 spiro atoms. The highest BCUT2D eigenvalue weighted by molar-refractivity contribution is 7.92. The maximum absolute atomic E-state index is 15.1. The number of benzene rings is 2. The maximum atomic E-state index is 15.1.